The van der Waals surface area contributed by atoms with Crippen molar-refractivity contribution in [1.82, 2.24) is 24.7 Å². The molecule has 0 aliphatic carbocycles. The molecule has 0 spiro atoms. The summed E-state index contributed by atoms with van der Waals surface area (Å²) in [5.74, 6) is 1.02. The molecule has 0 aliphatic heterocycles. The van der Waals surface area contributed by atoms with Crippen LogP contribution >= 0.6 is 0 Å². The largest absolute Gasteiger partial charge is 0.417 e. The molecular formula is C20H18F3N7. The summed E-state index contributed by atoms with van der Waals surface area (Å²) in [6.45, 7) is 4.04. The number of halogens is 3. The number of nitrogens with two attached hydrogens (primary N) is 1. The van der Waals surface area contributed by atoms with Crippen molar-refractivity contribution in [3.05, 3.63) is 54.5 Å². The predicted molar refractivity (Wildman–Crippen MR) is 108 cm³/mol. The highest BCUT2D eigenvalue weighted by Crippen LogP contribution is 2.31. The van der Waals surface area contributed by atoms with E-state index in [2.05, 4.69) is 25.4 Å². The molecule has 0 saturated carbocycles. The molecule has 30 heavy (non-hydrogen) atoms. The van der Waals surface area contributed by atoms with Gasteiger partial charge in [0.1, 0.15) is 11.6 Å². The highest BCUT2D eigenvalue weighted by atomic mass is 19.4. The number of hydrogen-bond donors (Lipinski definition) is 2. The van der Waals surface area contributed by atoms with Crippen molar-refractivity contribution < 1.29 is 13.2 Å². The minimum Gasteiger partial charge on any atom is -0.398 e. The molecule has 0 fully saturated rings. The van der Waals surface area contributed by atoms with Crippen molar-refractivity contribution in [2.45, 2.75) is 26.1 Å². The number of hydrogen-bond acceptors (Lipinski definition) is 6. The zero-order chi connectivity index (χ0) is 21.5. The lowest BCUT2D eigenvalue weighted by Gasteiger charge is -2.11. The van der Waals surface area contributed by atoms with Crippen molar-refractivity contribution in [3.8, 4) is 11.3 Å². The van der Waals surface area contributed by atoms with Gasteiger partial charge in [0.05, 0.1) is 17.5 Å². The Morgan fingerprint density at radius 1 is 1.00 bits per heavy atom. The van der Waals surface area contributed by atoms with Gasteiger partial charge < -0.3 is 11.1 Å². The van der Waals surface area contributed by atoms with Crippen molar-refractivity contribution in [2.24, 2.45) is 0 Å². The number of alkyl halides is 3. The van der Waals surface area contributed by atoms with Crippen LogP contribution in [-0.2, 0) is 6.18 Å². The van der Waals surface area contributed by atoms with Crippen molar-refractivity contribution in [3.63, 3.8) is 0 Å². The molecule has 0 aromatic carbocycles. The van der Waals surface area contributed by atoms with E-state index >= 15 is 0 Å². The van der Waals surface area contributed by atoms with Gasteiger partial charge in [-0.25, -0.2) is 14.6 Å². The summed E-state index contributed by atoms with van der Waals surface area (Å²) in [7, 11) is 0. The maximum atomic E-state index is 12.7. The van der Waals surface area contributed by atoms with Gasteiger partial charge in [-0.1, -0.05) is 0 Å². The second kappa shape index (κ2) is 7.29. The normalized spacial score (nSPS) is 11.9. The average Bonchev–Trinajstić information content (AvgIpc) is 3.11. The molecule has 0 amide bonds. The van der Waals surface area contributed by atoms with E-state index in [0.717, 1.165) is 23.3 Å². The molecule has 4 rings (SSSR count). The SMILES string of the molecule is CC(C)n1ncc2ccc(Nc3cc(N)c(-c4ccc(C(F)(F)F)cn4)cn3)nc21. The number of pyridine rings is 3. The highest BCUT2D eigenvalue weighted by Gasteiger charge is 2.30. The molecule has 0 bridgehead atoms. The molecule has 4 aromatic heterocycles. The van der Waals surface area contributed by atoms with Gasteiger partial charge in [-0.2, -0.15) is 18.3 Å². The van der Waals surface area contributed by atoms with E-state index in [9.17, 15) is 13.2 Å². The Morgan fingerprint density at radius 2 is 1.80 bits per heavy atom. The molecule has 0 atom stereocenters. The molecule has 0 aliphatic rings. The smallest absolute Gasteiger partial charge is 0.398 e. The Bertz CT molecular complexity index is 1200. The molecular weight excluding hydrogens is 395 g/mol. The van der Waals surface area contributed by atoms with Crippen LogP contribution in [0.2, 0.25) is 0 Å². The number of aromatic nitrogens is 5. The molecule has 10 heteroatoms. The van der Waals surface area contributed by atoms with Gasteiger partial charge in [-0.3, -0.25) is 4.98 Å². The Morgan fingerprint density at radius 3 is 2.43 bits per heavy atom. The average molecular weight is 413 g/mol. The topological polar surface area (TPSA) is 94.5 Å². The first kappa shape index (κ1) is 19.6. The van der Waals surface area contributed by atoms with E-state index < -0.39 is 11.7 Å². The molecule has 0 unspecified atom stereocenters. The van der Waals surface area contributed by atoms with Crippen LogP contribution in [0.3, 0.4) is 0 Å². The molecule has 4 heterocycles. The van der Waals surface area contributed by atoms with Crippen LogP contribution in [0.15, 0.2) is 48.9 Å². The van der Waals surface area contributed by atoms with E-state index in [1.54, 1.807) is 18.3 Å². The molecule has 0 radical (unpaired) electrons. The lowest BCUT2D eigenvalue weighted by molar-refractivity contribution is -0.137. The zero-order valence-corrected chi connectivity index (χ0v) is 16.1. The van der Waals surface area contributed by atoms with E-state index in [4.69, 9.17) is 5.73 Å². The minimum atomic E-state index is -4.44. The van der Waals surface area contributed by atoms with E-state index in [1.165, 1.54) is 12.3 Å². The maximum absolute atomic E-state index is 12.7. The summed E-state index contributed by atoms with van der Waals surface area (Å²) < 4.78 is 40.0. The minimum absolute atomic E-state index is 0.162. The summed E-state index contributed by atoms with van der Waals surface area (Å²) in [4.78, 5) is 12.7. The number of nitrogens with zero attached hydrogens (tertiary/aromatic N) is 5. The molecule has 7 nitrogen and oxygen atoms in total. The van der Waals surface area contributed by atoms with Crippen LogP contribution in [0.5, 0.6) is 0 Å². The standard InChI is InChI=1S/C20H18F3N7/c1-11(2)30-19-12(8-27-30)3-6-17(29-19)28-18-7-15(24)14(10-26-18)16-5-4-13(9-25-16)20(21,22)23/h3-11H,1-2H3,(H3,24,26,28,29). The van der Waals surface area contributed by atoms with Crippen LogP contribution in [0.4, 0.5) is 30.5 Å². The third-order valence-corrected chi connectivity index (χ3v) is 4.49. The zero-order valence-electron chi connectivity index (χ0n) is 16.1. The van der Waals surface area contributed by atoms with Gasteiger partial charge in [0, 0.05) is 41.1 Å². The summed E-state index contributed by atoms with van der Waals surface area (Å²) in [6.07, 6.45) is -0.446. The lowest BCUT2D eigenvalue weighted by atomic mass is 10.1. The third-order valence-electron chi connectivity index (χ3n) is 4.49. The monoisotopic (exact) mass is 413 g/mol. The molecule has 3 N–H and O–H groups in total. The Labute approximate surface area is 169 Å². The molecule has 154 valence electrons. The summed E-state index contributed by atoms with van der Waals surface area (Å²) in [5, 5.41) is 8.35. The quantitative estimate of drug-likeness (QED) is 0.498. The first-order chi connectivity index (χ1) is 14.2. The number of rotatable bonds is 4. The predicted octanol–water partition coefficient (Wildman–Crippen LogP) is 4.81. The lowest BCUT2D eigenvalue weighted by Crippen LogP contribution is -2.06. The molecule has 0 saturated heterocycles. The van der Waals surface area contributed by atoms with Gasteiger partial charge >= 0.3 is 6.18 Å². The fourth-order valence-electron chi connectivity index (χ4n) is 2.98. The van der Waals surface area contributed by atoms with Gasteiger partial charge in [-0.15, -0.1) is 0 Å². The van der Waals surface area contributed by atoms with Gasteiger partial charge in [-0.05, 0) is 38.1 Å². The highest BCUT2D eigenvalue weighted by molar-refractivity contribution is 5.79. The van der Waals surface area contributed by atoms with Crippen LogP contribution in [-0.4, -0.2) is 24.7 Å². The first-order valence-electron chi connectivity index (χ1n) is 9.13. The van der Waals surface area contributed by atoms with Crippen molar-refractivity contribution in [1.29, 1.82) is 0 Å². The van der Waals surface area contributed by atoms with Crippen molar-refractivity contribution >= 4 is 28.4 Å². The van der Waals surface area contributed by atoms with Gasteiger partial charge in [0.25, 0.3) is 0 Å². The second-order valence-electron chi connectivity index (χ2n) is 7.00. The van der Waals surface area contributed by atoms with E-state index in [1.807, 2.05) is 24.6 Å². The number of nitrogen functional groups attached to an aromatic ring is 1. The van der Waals surface area contributed by atoms with Gasteiger partial charge in [0.15, 0.2) is 5.65 Å². The van der Waals surface area contributed by atoms with Crippen LogP contribution in [0, 0.1) is 0 Å². The van der Waals surface area contributed by atoms with E-state index in [0.29, 0.717) is 28.6 Å². The summed E-state index contributed by atoms with van der Waals surface area (Å²) in [5.41, 5.74) is 7.09. The first-order valence-corrected chi connectivity index (χ1v) is 9.13. The number of nitrogens with one attached hydrogen (secondary N) is 1. The van der Waals surface area contributed by atoms with Crippen LogP contribution < -0.4 is 11.1 Å². The fourth-order valence-corrected chi connectivity index (χ4v) is 2.98. The fraction of sp³-hybridized carbons (Fsp3) is 0.200. The third kappa shape index (κ3) is 3.76. The summed E-state index contributed by atoms with van der Waals surface area (Å²) in [6, 6.07) is 7.68. The van der Waals surface area contributed by atoms with Crippen molar-refractivity contribution in [2.75, 3.05) is 11.1 Å². The van der Waals surface area contributed by atoms with E-state index in [-0.39, 0.29) is 6.04 Å². The Kier molecular flexibility index (Phi) is 4.76. The molecule has 4 aromatic rings. The Balaban J connectivity index is 1.59. The number of fused-ring (bicyclic) bond motifs is 1. The van der Waals surface area contributed by atoms with Crippen LogP contribution in [0.25, 0.3) is 22.3 Å². The maximum Gasteiger partial charge on any atom is 0.417 e. The van der Waals surface area contributed by atoms with Crippen LogP contribution in [0.1, 0.15) is 25.5 Å². The van der Waals surface area contributed by atoms with Gasteiger partial charge in [0.2, 0.25) is 0 Å². The number of anilines is 3. The second-order valence-corrected chi connectivity index (χ2v) is 7.00. The Hall–Kier alpha value is -3.69. The summed E-state index contributed by atoms with van der Waals surface area (Å²) >= 11 is 0.